The molecule has 1 aliphatic rings. The summed E-state index contributed by atoms with van der Waals surface area (Å²) in [6.45, 7) is 1.42. The summed E-state index contributed by atoms with van der Waals surface area (Å²) in [5.74, 6) is 0.379. The van der Waals surface area contributed by atoms with Gasteiger partial charge in [-0.05, 0) is 30.0 Å². The number of hydrogen-bond donors (Lipinski definition) is 2. The lowest BCUT2D eigenvalue weighted by molar-refractivity contribution is -0.132. The Morgan fingerprint density at radius 3 is 2.71 bits per heavy atom. The minimum atomic E-state index is -4.16. The predicted octanol–water partition coefficient (Wildman–Crippen LogP) is 3.30. The van der Waals surface area contributed by atoms with Gasteiger partial charge in [-0.15, -0.1) is 24.0 Å². The van der Waals surface area contributed by atoms with E-state index in [1.54, 1.807) is 7.05 Å². The average molecular weight is 456 g/mol. The number of fused-ring (bicyclic) bond motifs is 1. The first-order valence-corrected chi connectivity index (χ1v) is 7.73. The minimum Gasteiger partial charge on any atom is -0.374 e. The van der Waals surface area contributed by atoms with Crippen LogP contribution < -0.4 is 15.5 Å². The maximum Gasteiger partial charge on any atom is 0.390 e. The fraction of sp³-hybridized carbons (Fsp3) is 0.562. The van der Waals surface area contributed by atoms with E-state index >= 15 is 0 Å². The van der Waals surface area contributed by atoms with E-state index in [4.69, 9.17) is 0 Å². The number of aryl methyl sites for hydroxylation is 1. The van der Waals surface area contributed by atoms with Crippen LogP contribution in [-0.4, -0.2) is 39.3 Å². The molecule has 0 amide bonds. The van der Waals surface area contributed by atoms with Crippen LogP contribution in [0.3, 0.4) is 0 Å². The Morgan fingerprint density at radius 2 is 2.04 bits per heavy atom. The van der Waals surface area contributed by atoms with Gasteiger partial charge in [-0.3, -0.25) is 4.99 Å². The van der Waals surface area contributed by atoms with Crippen molar-refractivity contribution >= 4 is 35.6 Å². The highest BCUT2D eigenvalue weighted by Gasteiger charge is 2.26. The number of alkyl halides is 3. The normalized spacial score (nSPS) is 14.7. The molecule has 2 rings (SSSR count). The highest BCUT2D eigenvalue weighted by molar-refractivity contribution is 14.0. The van der Waals surface area contributed by atoms with E-state index in [0.717, 1.165) is 24.9 Å². The van der Waals surface area contributed by atoms with Crippen LogP contribution in [0.25, 0.3) is 0 Å². The van der Waals surface area contributed by atoms with Crippen LogP contribution in [0.1, 0.15) is 24.0 Å². The molecule has 0 fully saturated rings. The third kappa shape index (κ3) is 6.37. The van der Waals surface area contributed by atoms with Crippen molar-refractivity contribution in [3.63, 3.8) is 0 Å². The summed E-state index contributed by atoms with van der Waals surface area (Å²) in [5.41, 5.74) is 3.67. The second-order valence-corrected chi connectivity index (χ2v) is 5.71. The fourth-order valence-corrected chi connectivity index (χ4v) is 2.68. The van der Waals surface area contributed by atoms with Crippen molar-refractivity contribution < 1.29 is 13.2 Å². The second kappa shape index (κ2) is 9.33. The Kier molecular flexibility index (Phi) is 8.11. The summed E-state index contributed by atoms with van der Waals surface area (Å²) in [6, 6.07) is 6.29. The van der Waals surface area contributed by atoms with Gasteiger partial charge in [-0.2, -0.15) is 13.2 Å². The molecule has 1 heterocycles. The molecule has 1 aromatic rings. The lowest BCUT2D eigenvalue weighted by atomic mass is 9.99. The van der Waals surface area contributed by atoms with Gasteiger partial charge < -0.3 is 15.5 Å². The first kappa shape index (κ1) is 20.9. The van der Waals surface area contributed by atoms with Gasteiger partial charge in [0.05, 0.1) is 6.42 Å². The molecule has 0 aliphatic carbocycles. The molecule has 0 unspecified atom stereocenters. The van der Waals surface area contributed by atoms with Crippen LogP contribution in [0.5, 0.6) is 0 Å². The summed E-state index contributed by atoms with van der Waals surface area (Å²) in [7, 11) is 3.63. The van der Waals surface area contributed by atoms with Crippen molar-refractivity contribution in [1.29, 1.82) is 0 Å². The number of guanidine groups is 1. The van der Waals surface area contributed by atoms with Crippen LogP contribution >= 0.6 is 24.0 Å². The van der Waals surface area contributed by atoms with Crippen LogP contribution in [0, 0.1) is 0 Å². The van der Waals surface area contributed by atoms with Gasteiger partial charge in [0.1, 0.15) is 0 Å². The van der Waals surface area contributed by atoms with Gasteiger partial charge in [0, 0.05) is 39.4 Å². The Hall–Kier alpha value is -1.19. The quantitative estimate of drug-likeness (QED) is 0.415. The highest BCUT2D eigenvalue weighted by atomic mass is 127. The molecule has 0 aromatic heterocycles. The summed E-state index contributed by atoms with van der Waals surface area (Å²) in [5, 5.41) is 5.72. The molecular formula is C16H24F3IN4. The Bertz CT molecular complexity index is 561. The lowest BCUT2D eigenvalue weighted by Crippen LogP contribution is -2.38. The molecule has 1 aliphatic heterocycles. The van der Waals surface area contributed by atoms with Crippen molar-refractivity contribution in [3.8, 4) is 0 Å². The van der Waals surface area contributed by atoms with E-state index < -0.39 is 12.6 Å². The molecule has 136 valence electrons. The summed E-state index contributed by atoms with van der Waals surface area (Å²) in [6.07, 6.45) is -2.83. The van der Waals surface area contributed by atoms with Crippen molar-refractivity contribution in [1.82, 2.24) is 10.6 Å². The molecule has 4 nitrogen and oxygen atoms in total. The van der Waals surface area contributed by atoms with E-state index in [9.17, 15) is 13.2 Å². The molecule has 0 saturated heterocycles. The number of hydrogen-bond acceptors (Lipinski definition) is 2. The molecule has 0 radical (unpaired) electrons. The topological polar surface area (TPSA) is 39.7 Å². The SMILES string of the molecule is CN=C(NCCC(F)(F)F)NCc1ccc2c(c1)CCCN2C.I. The third-order valence-corrected chi connectivity index (χ3v) is 3.88. The summed E-state index contributed by atoms with van der Waals surface area (Å²) < 4.78 is 36.4. The van der Waals surface area contributed by atoms with Gasteiger partial charge in [-0.1, -0.05) is 12.1 Å². The molecule has 0 spiro atoms. The van der Waals surface area contributed by atoms with E-state index in [0.29, 0.717) is 12.5 Å². The number of halogens is 4. The van der Waals surface area contributed by atoms with E-state index in [1.807, 2.05) is 6.07 Å². The molecule has 0 atom stereocenters. The molecular weight excluding hydrogens is 432 g/mol. The smallest absolute Gasteiger partial charge is 0.374 e. The Morgan fingerprint density at radius 1 is 1.29 bits per heavy atom. The second-order valence-electron chi connectivity index (χ2n) is 5.71. The summed E-state index contributed by atoms with van der Waals surface area (Å²) >= 11 is 0. The van der Waals surface area contributed by atoms with Crippen molar-refractivity contribution in [2.45, 2.75) is 32.0 Å². The van der Waals surface area contributed by atoms with Gasteiger partial charge >= 0.3 is 6.18 Å². The average Bonchev–Trinajstić information content (AvgIpc) is 2.49. The lowest BCUT2D eigenvalue weighted by Gasteiger charge is -2.28. The molecule has 1 aromatic carbocycles. The van der Waals surface area contributed by atoms with E-state index in [-0.39, 0.29) is 30.5 Å². The molecule has 8 heteroatoms. The highest BCUT2D eigenvalue weighted by Crippen LogP contribution is 2.26. The van der Waals surface area contributed by atoms with Gasteiger partial charge in [0.2, 0.25) is 0 Å². The first-order valence-electron chi connectivity index (χ1n) is 7.73. The van der Waals surface area contributed by atoms with Crippen LogP contribution in [0.4, 0.5) is 18.9 Å². The number of anilines is 1. The fourth-order valence-electron chi connectivity index (χ4n) is 2.68. The van der Waals surface area contributed by atoms with E-state index in [2.05, 4.69) is 39.7 Å². The van der Waals surface area contributed by atoms with Crippen LogP contribution in [0.15, 0.2) is 23.2 Å². The monoisotopic (exact) mass is 456 g/mol. The zero-order valence-electron chi connectivity index (χ0n) is 13.9. The number of rotatable bonds is 4. The molecule has 0 saturated carbocycles. The van der Waals surface area contributed by atoms with Crippen molar-refractivity contribution in [2.75, 3.05) is 32.1 Å². The Labute approximate surface area is 157 Å². The van der Waals surface area contributed by atoms with Gasteiger partial charge in [-0.25, -0.2) is 0 Å². The van der Waals surface area contributed by atoms with Crippen molar-refractivity contribution in [2.24, 2.45) is 4.99 Å². The zero-order valence-corrected chi connectivity index (χ0v) is 16.2. The maximum absolute atomic E-state index is 12.1. The van der Waals surface area contributed by atoms with E-state index in [1.165, 1.54) is 11.3 Å². The Balaban J connectivity index is 0.00000288. The third-order valence-electron chi connectivity index (χ3n) is 3.88. The van der Waals surface area contributed by atoms with Crippen molar-refractivity contribution in [3.05, 3.63) is 29.3 Å². The minimum absolute atomic E-state index is 0. The van der Waals surface area contributed by atoms with Gasteiger partial charge in [0.15, 0.2) is 5.96 Å². The predicted molar refractivity (Wildman–Crippen MR) is 102 cm³/mol. The standard InChI is InChI=1S/C16H23F3N4.HI/c1-20-15(21-8-7-16(17,18)19)22-11-12-5-6-14-13(10-12)4-3-9-23(14)2;/h5-6,10H,3-4,7-9,11H2,1-2H3,(H2,20,21,22);1H. The molecule has 2 N–H and O–H groups in total. The molecule has 0 bridgehead atoms. The maximum atomic E-state index is 12.1. The largest absolute Gasteiger partial charge is 0.390 e. The molecule has 24 heavy (non-hydrogen) atoms. The first-order chi connectivity index (χ1) is 10.9. The zero-order chi connectivity index (χ0) is 16.9. The number of benzene rings is 1. The number of nitrogens with one attached hydrogen (secondary N) is 2. The van der Waals surface area contributed by atoms with Crippen LogP contribution in [-0.2, 0) is 13.0 Å². The number of aliphatic imine (C=N–C) groups is 1. The van der Waals surface area contributed by atoms with Gasteiger partial charge in [0.25, 0.3) is 0 Å². The summed E-state index contributed by atoms with van der Waals surface area (Å²) in [4.78, 5) is 6.18. The van der Waals surface area contributed by atoms with Crippen LogP contribution in [0.2, 0.25) is 0 Å². The number of nitrogens with zero attached hydrogens (tertiary/aromatic N) is 2.